The molecule has 1 aliphatic heterocycles. The highest BCUT2D eigenvalue weighted by Crippen LogP contribution is 2.29. The summed E-state index contributed by atoms with van der Waals surface area (Å²) in [4.78, 5) is 40.0. The molecule has 4 atom stereocenters. The van der Waals surface area contributed by atoms with E-state index in [0.717, 1.165) is 24.0 Å². The van der Waals surface area contributed by atoms with Crippen LogP contribution in [0.1, 0.15) is 49.4 Å². The Hall–Kier alpha value is -3.66. The van der Waals surface area contributed by atoms with E-state index in [9.17, 15) is 23.9 Å². The van der Waals surface area contributed by atoms with E-state index in [1.807, 2.05) is 24.3 Å². The smallest absolute Gasteiger partial charge is 0.243 e. The minimum absolute atomic E-state index is 0.0746. The van der Waals surface area contributed by atoms with Crippen molar-refractivity contribution in [3.63, 3.8) is 0 Å². The Morgan fingerprint density at radius 2 is 1.95 bits per heavy atom. The van der Waals surface area contributed by atoms with Gasteiger partial charge in [0.1, 0.15) is 18.8 Å². The number of aliphatic hydroxyl groups excluding tert-OH is 1. The first kappa shape index (κ1) is 25.0. The van der Waals surface area contributed by atoms with Gasteiger partial charge in [-0.1, -0.05) is 18.9 Å². The number of nitrogens with zero attached hydrogens (tertiary/aromatic N) is 4. The number of hydrogen-bond donors (Lipinski definition) is 2. The maximum absolute atomic E-state index is 14.4. The number of alkyl halides is 1. The van der Waals surface area contributed by atoms with Crippen molar-refractivity contribution in [1.29, 1.82) is 0 Å². The van der Waals surface area contributed by atoms with Gasteiger partial charge in [0.25, 0.3) is 0 Å². The van der Waals surface area contributed by atoms with Gasteiger partial charge in [0.05, 0.1) is 31.1 Å². The Labute approximate surface area is 213 Å². The number of amides is 2. The van der Waals surface area contributed by atoms with Gasteiger partial charge in [-0.2, -0.15) is 10.2 Å². The number of ketones is 1. The highest BCUT2D eigenvalue weighted by atomic mass is 19.1. The summed E-state index contributed by atoms with van der Waals surface area (Å²) in [5.41, 5.74) is 2.86. The molecule has 3 aromatic rings. The van der Waals surface area contributed by atoms with Crippen LogP contribution in [0.2, 0.25) is 0 Å². The molecule has 0 radical (unpaired) electrons. The van der Waals surface area contributed by atoms with Crippen molar-refractivity contribution in [2.45, 2.75) is 69.9 Å². The molecule has 1 saturated carbocycles. The van der Waals surface area contributed by atoms with Crippen LogP contribution in [0, 0.1) is 0 Å². The molecule has 2 aromatic heterocycles. The fourth-order valence-corrected chi connectivity index (χ4v) is 5.45. The molecule has 2 aliphatic rings. The number of nitrogens with one attached hydrogen (secondary N) is 1. The molecule has 1 aliphatic carbocycles. The molecule has 194 valence electrons. The van der Waals surface area contributed by atoms with Crippen LogP contribution in [0.3, 0.4) is 0 Å². The molecular weight excluding hydrogens is 477 g/mol. The Kier molecular flexibility index (Phi) is 7.01. The summed E-state index contributed by atoms with van der Waals surface area (Å²) >= 11 is 0. The largest absolute Gasteiger partial charge is 0.391 e. The fraction of sp³-hybridized carbons (Fsp3) is 0.444. The summed E-state index contributed by atoms with van der Waals surface area (Å²) < 4.78 is 16.1. The number of benzene rings is 1. The molecule has 9 nitrogen and oxygen atoms in total. The summed E-state index contributed by atoms with van der Waals surface area (Å²) in [5.74, 6) is -0.981. The minimum atomic E-state index is -1.30. The highest BCUT2D eigenvalue weighted by molar-refractivity contribution is 6.08. The van der Waals surface area contributed by atoms with Crippen LogP contribution in [0.15, 0.2) is 42.9 Å². The van der Waals surface area contributed by atoms with E-state index in [4.69, 9.17) is 0 Å². The molecule has 0 bridgehead atoms. The summed E-state index contributed by atoms with van der Waals surface area (Å²) in [7, 11) is 0. The standard InChI is InChI=1S/C27H30FN5O4/c1-16(34)21-14-32(23-7-6-17(10-20(21)23)18-8-9-29-30-12-18)15-26(36)33-13-19(28)11-24(33)27(37)31-22-4-2-3-5-25(22)35/h6-10,12,14,19,22,24-25,35H,2-5,11,13,15H2,1H3,(H,31,37)/t19-,22+,24?,25?/m1/s1. The molecule has 2 fully saturated rings. The quantitative estimate of drug-likeness (QED) is 0.496. The average molecular weight is 508 g/mol. The third-order valence-corrected chi connectivity index (χ3v) is 7.41. The normalized spacial score (nSPS) is 23.8. The van der Waals surface area contributed by atoms with Crippen LogP contribution < -0.4 is 5.32 Å². The van der Waals surface area contributed by atoms with Gasteiger partial charge in [-0.05, 0) is 43.5 Å². The molecule has 2 N–H and O–H groups in total. The van der Waals surface area contributed by atoms with E-state index in [1.54, 1.807) is 23.2 Å². The minimum Gasteiger partial charge on any atom is -0.391 e. The second kappa shape index (κ2) is 10.4. The topological polar surface area (TPSA) is 117 Å². The number of fused-ring (bicyclic) bond motifs is 1. The lowest BCUT2D eigenvalue weighted by atomic mass is 9.92. The van der Waals surface area contributed by atoms with Crippen molar-refractivity contribution in [3.8, 4) is 11.1 Å². The van der Waals surface area contributed by atoms with Gasteiger partial charge in [0.15, 0.2) is 5.78 Å². The predicted octanol–water partition coefficient (Wildman–Crippen LogP) is 2.66. The van der Waals surface area contributed by atoms with Crippen LogP contribution in [0.25, 0.3) is 22.0 Å². The van der Waals surface area contributed by atoms with Crippen LogP contribution in [-0.4, -0.2) is 73.3 Å². The van der Waals surface area contributed by atoms with Crippen LogP contribution in [-0.2, 0) is 16.1 Å². The van der Waals surface area contributed by atoms with Gasteiger partial charge in [-0.15, -0.1) is 0 Å². The third-order valence-electron chi connectivity index (χ3n) is 7.41. The fourth-order valence-electron chi connectivity index (χ4n) is 5.45. The number of carbonyl (C=O) groups is 3. The number of halogens is 1. The third kappa shape index (κ3) is 5.11. The number of aliphatic hydroxyl groups is 1. The molecule has 10 heteroatoms. The van der Waals surface area contributed by atoms with Crippen LogP contribution in [0.5, 0.6) is 0 Å². The lowest BCUT2D eigenvalue weighted by Gasteiger charge is -2.31. The summed E-state index contributed by atoms with van der Waals surface area (Å²) in [5, 5.41) is 21.5. The number of rotatable bonds is 6. The molecule has 1 saturated heterocycles. The SMILES string of the molecule is CC(=O)c1cn(CC(=O)N2C[C@H](F)CC2C(=O)N[C@H]2CCCCC2O)c2ccc(-c3ccnnc3)cc12. The van der Waals surface area contributed by atoms with E-state index < -0.39 is 30.1 Å². The molecule has 0 spiro atoms. The van der Waals surface area contributed by atoms with Crippen molar-refractivity contribution in [1.82, 2.24) is 25.0 Å². The van der Waals surface area contributed by atoms with E-state index in [-0.39, 0.29) is 31.3 Å². The molecule has 3 heterocycles. The van der Waals surface area contributed by atoms with E-state index in [0.29, 0.717) is 29.3 Å². The summed E-state index contributed by atoms with van der Waals surface area (Å²) in [6, 6.07) is 6.10. The Bertz CT molecular complexity index is 1330. The second-order valence-electron chi connectivity index (χ2n) is 9.95. The Balaban J connectivity index is 1.38. The zero-order valence-corrected chi connectivity index (χ0v) is 20.6. The number of carbonyl (C=O) groups excluding carboxylic acids is 3. The molecule has 1 aromatic carbocycles. The summed E-state index contributed by atoms with van der Waals surface area (Å²) in [6.45, 7) is 1.17. The maximum Gasteiger partial charge on any atom is 0.243 e. The first-order chi connectivity index (χ1) is 17.8. The van der Waals surface area contributed by atoms with E-state index >= 15 is 0 Å². The van der Waals surface area contributed by atoms with Gasteiger partial charge < -0.3 is 19.9 Å². The van der Waals surface area contributed by atoms with Crippen molar-refractivity contribution in [3.05, 3.63) is 48.4 Å². The van der Waals surface area contributed by atoms with Crippen molar-refractivity contribution >= 4 is 28.5 Å². The maximum atomic E-state index is 14.4. The molecule has 5 rings (SSSR count). The van der Waals surface area contributed by atoms with Crippen molar-refractivity contribution < 1.29 is 23.9 Å². The zero-order valence-electron chi connectivity index (χ0n) is 20.6. The first-order valence-corrected chi connectivity index (χ1v) is 12.6. The summed E-state index contributed by atoms with van der Waals surface area (Å²) in [6.07, 6.45) is 5.93. The average Bonchev–Trinajstić information content (AvgIpc) is 3.46. The number of aromatic nitrogens is 3. The molecule has 2 unspecified atom stereocenters. The lowest BCUT2D eigenvalue weighted by Crippen LogP contribution is -2.52. The van der Waals surface area contributed by atoms with Gasteiger partial charge in [-0.3, -0.25) is 14.4 Å². The first-order valence-electron chi connectivity index (χ1n) is 12.6. The predicted molar refractivity (Wildman–Crippen MR) is 134 cm³/mol. The van der Waals surface area contributed by atoms with Crippen molar-refractivity contribution in [2.75, 3.05) is 6.54 Å². The van der Waals surface area contributed by atoms with Crippen LogP contribution >= 0.6 is 0 Å². The van der Waals surface area contributed by atoms with Gasteiger partial charge in [0, 0.05) is 34.6 Å². The second-order valence-corrected chi connectivity index (χ2v) is 9.95. The number of likely N-dealkylation sites (tertiary alicyclic amines) is 1. The van der Waals surface area contributed by atoms with E-state index in [2.05, 4.69) is 15.5 Å². The number of Topliss-reactive ketones (excluding diaryl/α,β-unsaturated/α-hetero) is 1. The number of hydrogen-bond acceptors (Lipinski definition) is 6. The van der Waals surface area contributed by atoms with Crippen molar-refractivity contribution in [2.24, 2.45) is 0 Å². The lowest BCUT2D eigenvalue weighted by molar-refractivity contribution is -0.139. The van der Waals surface area contributed by atoms with Crippen LogP contribution in [0.4, 0.5) is 4.39 Å². The Morgan fingerprint density at radius 3 is 2.68 bits per heavy atom. The monoisotopic (exact) mass is 507 g/mol. The zero-order chi connectivity index (χ0) is 26.1. The van der Waals surface area contributed by atoms with E-state index in [1.165, 1.54) is 11.8 Å². The Morgan fingerprint density at radius 1 is 1.14 bits per heavy atom. The molecular formula is C27H30FN5O4. The van der Waals surface area contributed by atoms with Gasteiger partial charge >= 0.3 is 0 Å². The van der Waals surface area contributed by atoms with Gasteiger partial charge in [0.2, 0.25) is 11.8 Å². The molecule has 37 heavy (non-hydrogen) atoms. The van der Waals surface area contributed by atoms with Gasteiger partial charge in [-0.25, -0.2) is 4.39 Å². The molecule has 2 amide bonds. The highest BCUT2D eigenvalue weighted by Gasteiger charge is 2.41.